The van der Waals surface area contributed by atoms with Crippen LogP contribution in [0, 0.1) is 12.7 Å². The van der Waals surface area contributed by atoms with Crippen molar-refractivity contribution in [1.29, 1.82) is 0 Å². The largest absolute Gasteiger partial charge is 0.357 e. The van der Waals surface area contributed by atoms with Crippen molar-refractivity contribution < 1.29 is 4.39 Å². The number of nitrogens with zero attached hydrogens (tertiary/aromatic N) is 5. The second-order valence-electron chi connectivity index (χ2n) is 8.89. The van der Waals surface area contributed by atoms with Gasteiger partial charge in [0.15, 0.2) is 5.82 Å². The minimum atomic E-state index is -0.497. The van der Waals surface area contributed by atoms with Crippen LogP contribution in [-0.4, -0.2) is 31.7 Å². The second-order valence-corrected chi connectivity index (χ2v) is 8.89. The normalized spacial score (nSPS) is 13.8. The molecule has 8 heteroatoms. The van der Waals surface area contributed by atoms with Gasteiger partial charge in [0, 0.05) is 17.8 Å². The molecule has 3 aromatic carbocycles. The van der Waals surface area contributed by atoms with Crippen molar-refractivity contribution >= 4 is 16.6 Å². The molecule has 7 nitrogen and oxygen atoms in total. The van der Waals surface area contributed by atoms with Gasteiger partial charge >= 0.3 is 0 Å². The average Bonchev–Trinajstić information content (AvgIpc) is 3.50. The van der Waals surface area contributed by atoms with Crippen molar-refractivity contribution in [3.8, 4) is 0 Å². The van der Waals surface area contributed by atoms with E-state index in [1.165, 1.54) is 17.7 Å². The van der Waals surface area contributed by atoms with Crippen molar-refractivity contribution in [3.05, 3.63) is 117 Å². The van der Waals surface area contributed by atoms with Crippen LogP contribution in [-0.2, 0) is 13.0 Å². The Balaban J connectivity index is 1.52. The molecule has 35 heavy (non-hydrogen) atoms. The molecule has 1 aliphatic rings. The summed E-state index contributed by atoms with van der Waals surface area (Å²) in [6.07, 6.45) is 0.872. The van der Waals surface area contributed by atoms with Crippen LogP contribution in [0.3, 0.4) is 0 Å². The lowest BCUT2D eigenvalue weighted by Gasteiger charge is -2.29. The van der Waals surface area contributed by atoms with Gasteiger partial charge in [-0.05, 0) is 70.1 Å². The fraction of sp³-hybridized carbons (Fsp3) is 0.185. The van der Waals surface area contributed by atoms with Gasteiger partial charge in [0.25, 0.3) is 5.56 Å². The molecule has 0 saturated carbocycles. The van der Waals surface area contributed by atoms with E-state index in [-0.39, 0.29) is 11.4 Å². The first-order valence-electron chi connectivity index (χ1n) is 11.6. The Kier molecular flexibility index (Phi) is 5.13. The highest BCUT2D eigenvalue weighted by atomic mass is 19.1. The third kappa shape index (κ3) is 3.77. The molecule has 0 radical (unpaired) electrons. The summed E-state index contributed by atoms with van der Waals surface area (Å²) in [6.45, 7) is 3.08. The van der Waals surface area contributed by atoms with E-state index in [9.17, 15) is 9.18 Å². The molecule has 1 N–H and O–H groups in total. The highest BCUT2D eigenvalue weighted by molar-refractivity contribution is 5.82. The Hall–Kier alpha value is -4.33. The molecular formula is C27H23FN6O. The molecule has 1 aliphatic heterocycles. The van der Waals surface area contributed by atoms with Crippen LogP contribution >= 0.6 is 0 Å². The molecule has 3 heterocycles. The summed E-state index contributed by atoms with van der Waals surface area (Å²) in [5, 5.41) is 13.6. The standard InChI is InChI=1S/C27H23FN6O/c1-17-5-4-7-20-15-22(27(35)29-24(17)20)25(33-14-13-19-6-2-3-8-23(19)33)26-30-31-32-34(26)16-18-9-11-21(28)12-10-18/h2-12,15,25H,13-14,16H2,1H3,(H,29,35). The van der Waals surface area contributed by atoms with Gasteiger partial charge < -0.3 is 9.88 Å². The summed E-state index contributed by atoms with van der Waals surface area (Å²) < 4.78 is 15.1. The van der Waals surface area contributed by atoms with Crippen molar-refractivity contribution in [2.24, 2.45) is 0 Å². The van der Waals surface area contributed by atoms with Gasteiger partial charge in [0.05, 0.1) is 12.1 Å². The van der Waals surface area contributed by atoms with E-state index in [1.807, 2.05) is 43.3 Å². The molecule has 0 saturated heterocycles. The van der Waals surface area contributed by atoms with E-state index in [2.05, 4.69) is 37.5 Å². The molecule has 6 rings (SSSR count). The number of nitrogens with one attached hydrogen (secondary N) is 1. The maximum atomic E-state index is 13.5. The van der Waals surface area contributed by atoms with Gasteiger partial charge in [0.1, 0.15) is 11.9 Å². The summed E-state index contributed by atoms with van der Waals surface area (Å²) in [6, 6.07) is 21.9. The van der Waals surface area contributed by atoms with Gasteiger partial charge in [-0.3, -0.25) is 4.79 Å². The lowest BCUT2D eigenvalue weighted by molar-refractivity contribution is 0.576. The van der Waals surface area contributed by atoms with Crippen LogP contribution in [0.25, 0.3) is 10.9 Å². The van der Waals surface area contributed by atoms with E-state index in [0.717, 1.165) is 40.7 Å². The van der Waals surface area contributed by atoms with Crippen LogP contribution in [0.1, 0.15) is 34.1 Å². The fourth-order valence-electron chi connectivity index (χ4n) is 4.96. The molecule has 2 aromatic heterocycles. The number of benzene rings is 3. The van der Waals surface area contributed by atoms with E-state index in [0.29, 0.717) is 17.9 Å². The molecule has 1 unspecified atom stereocenters. The van der Waals surface area contributed by atoms with Crippen LogP contribution < -0.4 is 10.5 Å². The van der Waals surface area contributed by atoms with E-state index in [4.69, 9.17) is 0 Å². The minimum Gasteiger partial charge on any atom is -0.357 e. The van der Waals surface area contributed by atoms with Gasteiger partial charge in [-0.2, -0.15) is 0 Å². The summed E-state index contributed by atoms with van der Waals surface area (Å²) in [5.41, 5.74) is 5.40. The smallest absolute Gasteiger partial charge is 0.254 e. The topological polar surface area (TPSA) is 79.7 Å². The van der Waals surface area contributed by atoms with E-state index < -0.39 is 6.04 Å². The van der Waals surface area contributed by atoms with Crippen LogP contribution in [0.15, 0.2) is 77.6 Å². The minimum absolute atomic E-state index is 0.169. The van der Waals surface area contributed by atoms with Crippen LogP contribution in [0.5, 0.6) is 0 Å². The SMILES string of the molecule is Cc1cccc2cc(C(c3nnnn3Cc3ccc(F)cc3)N3CCc4ccccc43)c(=O)[nH]c12. The number of tetrazole rings is 1. The Bertz CT molecular complexity index is 1590. The molecule has 0 aliphatic carbocycles. The third-order valence-electron chi connectivity index (χ3n) is 6.70. The zero-order valence-corrected chi connectivity index (χ0v) is 19.1. The van der Waals surface area contributed by atoms with Crippen molar-refractivity contribution in [2.45, 2.75) is 25.9 Å². The first-order chi connectivity index (χ1) is 17.1. The van der Waals surface area contributed by atoms with Crippen molar-refractivity contribution in [2.75, 3.05) is 11.4 Å². The molecule has 0 amide bonds. The second kappa shape index (κ2) is 8.47. The quantitative estimate of drug-likeness (QED) is 0.421. The Morgan fingerprint density at radius 1 is 1.06 bits per heavy atom. The zero-order chi connectivity index (χ0) is 23.9. The predicted molar refractivity (Wildman–Crippen MR) is 132 cm³/mol. The van der Waals surface area contributed by atoms with E-state index >= 15 is 0 Å². The Morgan fingerprint density at radius 3 is 2.74 bits per heavy atom. The Morgan fingerprint density at radius 2 is 1.89 bits per heavy atom. The Labute approximate surface area is 200 Å². The molecular weight excluding hydrogens is 443 g/mol. The number of pyridine rings is 1. The number of hydrogen-bond donors (Lipinski definition) is 1. The fourth-order valence-corrected chi connectivity index (χ4v) is 4.96. The number of para-hydroxylation sites is 2. The molecule has 0 spiro atoms. The monoisotopic (exact) mass is 466 g/mol. The molecule has 1 atom stereocenters. The zero-order valence-electron chi connectivity index (χ0n) is 19.1. The summed E-state index contributed by atoms with van der Waals surface area (Å²) in [5.74, 6) is 0.263. The van der Waals surface area contributed by atoms with E-state index in [1.54, 1.807) is 16.8 Å². The molecule has 5 aromatic rings. The predicted octanol–water partition coefficient (Wildman–Crippen LogP) is 4.16. The molecule has 0 fully saturated rings. The number of halogens is 1. The van der Waals surface area contributed by atoms with Crippen LogP contribution in [0.4, 0.5) is 10.1 Å². The van der Waals surface area contributed by atoms with Gasteiger partial charge in [-0.15, -0.1) is 5.10 Å². The maximum absolute atomic E-state index is 13.5. The highest BCUT2D eigenvalue weighted by Gasteiger charge is 2.34. The maximum Gasteiger partial charge on any atom is 0.254 e. The number of H-pyrrole nitrogens is 1. The first-order valence-corrected chi connectivity index (χ1v) is 11.6. The molecule has 0 bridgehead atoms. The number of fused-ring (bicyclic) bond motifs is 2. The van der Waals surface area contributed by atoms with Crippen LogP contribution in [0.2, 0.25) is 0 Å². The summed E-state index contributed by atoms with van der Waals surface area (Å²) >= 11 is 0. The first kappa shape index (κ1) is 21.2. The summed E-state index contributed by atoms with van der Waals surface area (Å²) in [7, 11) is 0. The number of aryl methyl sites for hydroxylation is 1. The lowest BCUT2D eigenvalue weighted by atomic mass is 10.0. The lowest BCUT2D eigenvalue weighted by Crippen LogP contribution is -2.34. The van der Waals surface area contributed by atoms with Crippen molar-refractivity contribution in [3.63, 3.8) is 0 Å². The number of hydrogen-bond acceptors (Lipinski definition) is 5. The number of rotatable bonds is 5. The van der Waals surface area contributed by atoms with Gasteiger partial charge in [0.2, 0.25) is 0 Å². The number of aromatic nitrogens is 5. The molecule has 174 valence electrons. The van der Waals surface area contributed by atoms with Gasteiger partial charge in [-0.25, -0.2) is 9.07 Å². The number of aromatic amines is 1. The number of anilines is 1. The van der Waals surface area contributed by atoms with Gasteiger partial charge in [-0.1, -0.05) is 48.5 Å². The third-order valence-corrected chi connectivity index (χ3v) is 6.70. The summed E-state index contributed by atoms with van der Waals surface area (Å²) in [4.78, 5) is 18.8. The van der Waals surface area contributed by atoms with Crippen molar-refractivity contribution in [1.82, 2.24) is 25.2 Å². The highest BCUT2D eigenvalue weighted by Crippen LogP contribution is 2.37. The average molecular weight is 467 g/mol.